The lowest BCUT2D eigenvalue weighted by atomic mass is 9.74. The Bertz CT molecular complexity index is 560. The van der Waals surface area contributed by atoms with Crippen molar-refractivity contribution in [2.45, 2.75) is 53.1 Å². The predicted molar refractivity (Wildman–Crippen MR) is 96.2 cm³/mol. The summed E-state index contributed by atoms with van der Waals surface area (Å²) < 4.78 is 5.21. The van der Waals surface area contributed by atoms with Crippen LogP contribution in [0.2, 0.25) is 0 Å². The Morgan fingerprint density at radius 1 is 1.20 bits per heavy atom. The van der Waals surface area contributed by atoms with Crippen molar-refractivity contribution in [3.8, 4) is 0 Å². The van der Waals surface area contributed by atoms with Gasteiger partial charge in [-0.15, -0.1) is 0 Å². The summed E-state index contributed by atoms with van der Waals surface area (Å²) in [6.45, 7) is 7.26. The van der Waals surface area contributed by atoms with Crippen molar-refractivity contribution in [2.75, 3.05) is 0 Å². The zero-order valence-electron chi connectivity index (χ0n) is 15.4. The zero-order valence-corrected chi connectivity index (χ0v) is 15.4. The number of hydrogen-bond acceptors (Lipinski definition) is 5. The van der Waals surface area contributed by atoms with E-state index in [-0.39, 0.29) is 18.9 Å². The molecule has 0 spiro atoms. The number of rotatable bonds is 9. The summed E-state index contributed by atoms with van der Waals surface area (Å²) in [5.74, 6) is -1.48. The molecule has 3 N–H and O–H groups in total. The maximum absolute atomic E-state index is 12.4. The SMILES string of the molecule is CC(C)C[C@H](NC(=O)C(C)(C)CC(=O)OCc1ccccc1)B(O)O. The van der Waals surface area contributed by atoms with Crippen molar-refractivity contribution < 1.29 is 24.4 Å². The van der Waals surface area contributed by atoms with E-state index in [9.17, 15) is 19.6 Å². The van der Waals surface area contributed by atoms with Crippen LogP contribution in [0, 0.1) is 11.3 Å². The average Bonchev–Trinajstić information content (AvgIpc) is 2.52. The minimum Gasteiger partial charge on any atom is -0.461 e. The van der Waals surface area contributed by atoms with Gasteiger partial charge in [0, 0.05) is 0 Å². The van der Waals surface area contributed by atoms with E-state index in [2.05, 4.69) is 5.32 Å². The molecule has 25 heavy (non-hydrogen) atoms. The first-order valence-corrected chi connectivity index (χ1v) is 8.48. The van der Waals surface area contributed by atoms with Crippen LogP contribution < -0.4 is 5.32 Å². The van der Waals surface area contributed by atoms with Crippen LogP contribution in [0.4, 0.5) is 0 Å². The van der Waals surface area contributed by atoms with E-state index in [0.29, 0.717) is 6.42 Å². The fraction of sp³-hybridized carbons (Fsp3) is 0.556. The summed E-state index contributed by atoms with van der Waals surface area (Å²) >= 11 is 0. The van der Waals surface area contributed by atoms with E-state index < -0.39 is 30.4 Å². The number of amides is 1. The maximum Gasteiger partial charge on any atom is 0.475 e. The Morgan fingerprint density at radius 2 is 1.80 bits per heavy atom. The summed E-state index contributed by atoms with van der Waals surface area (Å²) in [6, 6.07) is 9.29. The molecule has 0 heterocycles. The van der Waals surface area contributed by atoms with Gasteiger partial charge in [-0.1, -0.05) is 58.0 Å². The highest BCUT2D eigenvalue weighted by Gasteiger charge is 2.35. The minimum absolute atomic E-state index is 0.0956. The predicted octanol–water partition coefficient (Wildman–Crippen LogP) is 1.69. The fourth-order valence-electron chi connectivity index (χ4n) is 2.36. The summed E-state index contributed by atoms with van der Waals surface area (Å²) in [5, 5.41) is 21.5. The van der Waals surface area contributed by atoms with Crippen LogP contribution in [-0.2, 0) is 20.9 Å². The van der Waals surface area contributed by atoms with E-state index in [1.54, 1.807) is 13.8 Å². The molecule has 0 aliphatic heterocycles. The monoisotopic (exact) mass is 349 g/mol. The Labute approximate surface area is 149 Å². The van der Waals surface area contributed by atoms with Gasteiger partial charge in [0.1, 0.15) is 6.61 Å². The topological polar surface area (TPSA) is 95.9 Å². The van der Waals surface area contributed by atoms with Gasteiger partial charge in [0.05, 0.1) is 17.8 Å². The second-order valence-electron chi connectivity index (χ2n) is 7.33. The van der Waals surface area contributed by atoms with Gasteiger partial charge >= 0.3 is 13.1 Å². The number of ether oxygens (including phenoxy) is 1. The molecule has 0 saturated heterocycles. The number of carbonyl (C=O) groups excluding carboxylic acids is 2. The third kappa shape index (κ3) is 7.71. The van der Waals surface area contributed by atoms with Crippen LogP contribution in [0.15, 0.2) is 30.3 Å². The molecule has 0 radical (unpaired) electrons. The Balaban J connectivity index is 2.56. The third-order valence-corrected chi connectivity index (χ3v) is 3.85. The highest BCUT2D eigenvalue weighted by Crippen LogP contribution is 2.22. The highest BCUT2D eigenvalue weighted by atomic mass is 16.5. The van der Waals surface area contributed by atoms with Crippen LogP contribution in [0.1, 0.15) is 46.1 Å². The van der Waals surface area contributed by atoms with Gasteiger partial charge in [0.15, 0.2) is 0 Å². The van der Waals surface area contributed by atoms with Crippen molar-refractivity contribution in [1.82, 2.24) is 5.32 Å². The van der Waals surface area contributed by atoms with Gasteiger partial charge in [-0.2, -0.15) is 0 Å². The standard InChI is InChI=1S/C18H28BNO5/c1-13(2)10-15(19(23)24)20-17(22)18(3,4)11-16(21)25-12-14-8-6-5-7-9-14/h5-9,13,15,23-24H,10-12H2,1-4H3,(H,20,22)/t15-/m0/s1. The molecule has 0 fully saturated rings. The van der Waals surface area contributed by atoms with Gasteiger partial charge in [0.2, 0.25) is 5.91 Å². The van der Waals surface area contributed by atoms with Crippen molar-refractivity contribution in [3.05, 3.63) is 35.9 Å². The van der Waals surface area contributed by atoms with Crippen LogP contribution >= 0.6 is 0 Å². The number of hydrogen-bond donors (Lipinski definition) is 3. The van der Waals surface area contributed by atoms with Gasteiger partial charge in [-0.25, -0.2) is 0 Å². The molecule has 138 valence electrons. The van der Waals surface area contributed by atoms with Gasteiger partial charge < -0.3 is 20.1 Å². The lowest BCUT2D eigenvalue weighted by molar-refractivity contribution is -0.150. The molecule has 1 amide bonds. The Hall–Kier alpha value is -1.86. The molecule has 0 aliphatic carbocycles. The first kappa shape index (κ1) is 21.2. The lowest BCUT2D eigenvalue weighted by Gasteiger charge is -2.27. The van der Waals surface area contributed by atoms with E-state index >= 15 is 0 Å². The molecular formula is C18H28BNO5. The summed E-state index contributed by atoms with van der Waals surface area (Å²) in [6.07, 6.45) is 0.333. The second kappa shape index (κ2) is 9.58. The fourth-order valence-corrected chi connectivity index (χ4v) is 2.36. The average molecular weight is 349 g/mol. The number of nitrogens with one attached hydrogen (secondary N) is 1. The smallest absolute Gasteiger partial charge is 0.461 e. The number of carbonyl (C=O) groups is 2. The second-order valence-corrected chi connectivity index (χ2v) is 7.33. The van der Waals surface area contributed by atoms with Crippen molar-refractivity contribution >= 4 is 19.0 Å². The molecule has 6 nitrogen and oxygen atoms in total. The van der Waals surface area contributed by atoms with E-state index in [4.69, 9.17) is 4.74 Å². The quantitative estimate of drug-likeness (QED) is 0.466. The number of esters is 1. The first-order chi connectivity index (χ1) is 11.6. The van der Waals surface area contributed by atoms with Crippen LogP contribution in [0.3, 0.4) is 0 Å². The normalized spacial score (nSPS) is 12.6. The molecule has 0 saturated carbocycles. The van der Waals surface area contributed by atoms with Crippen LogP contribution in [0.5, 0.6) is 0 Å². The summed E-state index contributed by atoms with van der Waals surface area (Å²) in [7, 11) is -1.65. The van der Waals surface area contributed by atoms with Crippen molar-refractivity contribution in [1.29, 1.82) is 0 Å². The van der Waals surface area contributed by atoms with Gasteiger partial charge in [-0.05, 0) is 17.9 Å². The van der Waals surface area contributed by atoms with Crippen molar-refractivity contribution in [2.24, 2.45) is 11.3 Å². The van der Waals surface area contributed by atoms with E-state index in [1.807, 2.05) is 44.2 Å². The largest absolute Gasteiger partial charge is 0.475 e. The molecule has 0 aliphatic rings. The molecule has 7 heteroatoms. The van der Waals surface area contributed by atoms with Gasteiger partial charge in [0.25, 0.3) is 0 Å². The van der Waals surface area contributed by atoms with E-state index in [0.717, 1.165) is 5.56 Å². The molecule has 1 aromatic rings. The highest BCUT2D eigenvalue weighted by molar-refractivity contribution is 6.43. The van der Waals surface area contributed by atoms with Crippen molar-refractivity contribution in [3.63, 3.8) is 0 Å². The summed E-state index contributed by atoms with van der Waals surface area (Å²) in [4.78, 5) is 24.5. The first-order valence-electron chi connectivity index (χ1n) is 8.48. The Morgan fingerprint density at radius 3 is 2.32 bits per heavy atom. The molecule has 0 unspecified atom stereocenters. The Kier molecular flexibility index (Phi) is 8.12. The third-order valence-electron chi connectivity index (χ3n) is 3.85. The van der Waals surface area contributed by atoms with Gasteiger partial charge in [-0.3, -0.25) is 9.59 Å². The minimum atomic E-state index is -1.65. The molecule has 0 bridgehead atoms. The molecular weight excluding hydrogens is 321 g/mol. The lowest BCUT2D eigenvalue weighted by Crippen LogP contribution is -2.51. The van der Waals surface area contributed by atoms with E-state index in [1.165, 1.54) is 0 Å². The van der Waals surface area contributed by atoms with Crippen LogP contribution in [0.25, 0.3) is 0 Å². The molecule has 1 atom stereocenters. The van der Waals surface area contributed by atoms with Crippen LogP contribution in [-0.4, -0.2) is 35.0 Å². The number of benzene rings is 1. The molecule has 1 rings (SSSR count). The zero-order chi connectivity index (χ0) is 19.0. The maximum atomic E-state index is 12.4. The summed E-state index contributed by atoms with van der Waals surface area (Å²) in [5.41, 5.74) is -0.142. The molecule has 1 aromatic carbocycles. The molecule has 0 aromatic heterocycles.